The Kier molecular flexibility index (Phi) is 4.53. The minimum Gasteiger partial charge on any atom is -0.489 e. The van der Waals surface area contributed by atoms with Crippen molar-refractivity contribution in [3.8, 4) is 5.75 Å². The molecule has 21 heavy (non-hydrogen) atoms. The standard InChI is InChI=1S/C18H21NO2/c20-18-12-19-11-10-17(18)15-6-8-16(9-7-15)21-13-14-4-2-1-3-5-14/h1-9,17-20H,10-13H2/t17-,18+/m0/s1. The van der Waals surface area contributed by atoms with Gasteiger partial charge in [0.2, 0.25) is 0 Å². The van der Waals surface area contributed by atoms with E-state index >= 15 is 0 Å². The van der Waals surface area contributed by atoms with Crippen LogP contribution in [0.5, 0.6) is 5.75 Å². The molecule has 1 aliphatic rings. The first-order valence-electron chi connectivity index (χ1n) is 7.48. The fourth-order valence-electron chi connectivity index (χ4n) is 2.78. The lowest BCUT2D eigenvalue weighted by Crippen LogP contribution is -2.39. The summed E-state index contributed by atoms with van der Waals surface area (Å²) in [5.41, 5.74) is 2.35. The van der Waals surface area contributed by atoms with Gasteiger partial charge in [-0.25, -0.2) is 0 Å². The van der Waals surface area contributed by atoms with Gasteiger partial charge in [-0.15, -0.1) is 0 Å². The molecule has 0 aliphatic carbocycles. The number of benzene rings is 2. The Morgan fingerprint density at radius 3 is 2.52 bits per heavy atom. The summed E-state index contributed by atoms with van der Waals surface area (Å²) in [5.74, 6) is 1.10. The van der Waals surface area contributed by atoms with Crippen molar-refractivity contribution in [3.05, 3.63) is 65.7 Å². The van der Waals surface area contributed by atoms with E-state index in [4.69, 9.17) is 4.74 Å². The number of hydrogen-bond donors (Lipinski definition) is 2. The first-order valence-corrected chi connectivity index (χ1v) is 7.48. The van der Waals surface area contributed by atoms with Gasteiger partial charge in [0.25, 0.3) is 0 Å². The molecule has 0 aromatic heterocycles. The Morgan fingerprint density at radius 1 is 1.05 bits per heavy atom. The number of β-amino-alcohol motifs (C(OH)–C–C–N with tert-alkyl or cyclic N) is 1. The van der Waals surface area contributed by atoms with Crippen molar-refractivity contribution in [2.24, 2.45) is 0 Å². The quantitative estimate of drug-likeness (QED) is 0.906. The highest BCUT2D eigenvalue weighted by Crippen LogP contribution is 2.27. The third-order valence-corrected chi connectivity index (χ3v) is 4.01. The summed E-state index contributed by atoms with van der Waals surface area (Å²) in [7, 11) is 0. The number of hydrogen-bond acceptors (Lipinski definition) is 3. The number of aliphatic hydroxyl groups is 1. The predicted molar refractivity (Wildman–Crippen MR) is 83.5 cm³/mol. The summed E-state index contributed by atoms with van der Waals surface area (Å²) in [6.07, 6.45) is 0.681. The van der Waals surface area contributed by atoms with E-state index in [2.05, 4.69) is 29.6 Å². The fraction of sp³-hybridized carbons (Fsp3) is 0.333. The van der Waals surface area contributed by atoms with Gasteiger partial charge in [0, 0.05) is 12.5 Å². The maximum atomic E-state index is 10.0. The second-order valence-electron chi connectivity index (χ2n) is 5.51. The van der Waals surface area contributed by atoms with Gasteiger partial charge < -0.3 is 15.2 Å². The Bertz CT molecular complexity index is 553. The minimum absolute atomic E-state index is 0.231. The molecular formula is C18H21NO2. The van der Waals surface area contributed by atoms with E-state index in [9.17, 15) is 5.11 Å². The molecule has 3 rings (SSSR count). The average molecular weight is 283 g/mol. The molecule has 0 radical (unpaired) electrons. The maximum absolute atomic E-state index is 10.0. The molecule has 0 bridgehead atoms. The zero-order valence-corrected chi connectivity index (χ0v) is 12.0. The van der Waals surface area contributed by atoms with Crippen LogP contribution in [0.2, 0.25) is 0 Å². The maximum Gasteiger partial charge on any atom is 0.119 e. The molecule has 2 aromatic carbocycles. The Balaban J connectivity index is 1.61. The number of rotatable bonds is 4. The lowest BCUT2D eigenvalue weighted by atomic mass is 9.88. The number of ether oxygens (including phenoxy) is 1. The highest BCUT2D eigenvalue weighted by molar-refractivity contribution is 5.30. The van der Waals surface area contributed by atoms with Crippen LogP contribution in [0, 0.1) is 0 Å². The smallest absolute Gasteiger partial charge is 0.119 e. The van der Waals surface area contributed by atoms with Crippen LogP contribution in [0.1, 0.15) is 23.5 Å². The summed E-state index contributed by atoms with van der Waals surface area (Å²) in [4.78, 5) is 0. The zero-order valence-electron chi connectivity index (χ0n) is 12.0. The van der Waals surface area contributed by atoms with Crippen LogP contribution in [0.25, 0.3) is 0 Å². The molecule has 3 heteroatoms. The molecule has 0 spiro atoms. The van der Waals surface area contributed by atoms with E-state index in [0.29, 0.717) is 13.2 Å². The van der Waals surface area contributed by atoms with Crippen LogP contribution in [-0.4, -0.2) is 24.3 Å². The number of piperidine rings is 1. The molecule has 0 unspecified atom stereocenters. The highest BCUT2D eigenvalue weighted by Gasteiger charge is 2.24. The van der Waals surface area contributed by atoms with Crippen LogP contribution < -0.4 is 10.1 Å². The van der Waals surface area contributed by atoms with E-state index in [0.717, 1.165) is 24.3 Å². The molecule has 2 aromatic rings. The first-order chi connectivity index (χ1) is 10.3. The molecule has 3 nitrogen and oxygen atoms in total. The third kappa shape index (κ3) is 3.63. The normalized spacial score (nSPS) is 22.0. The van der Waals surface area contributed by atoms with E-state index in [1.54, 1.807) is 0 Å². The monoisotopic (exact) mass is 283 g/mol. The topological polar surface area (TPSA) is 41.5 Å². The summed E-state index contributed by atoms with van der Waals surface area (Å²) < 4.78 is 5.79. The SMILES string of the molecule is O[C@@H]1CNCC[C@H]1c1ccc(OCc2ccccc2)cc1. The van der Waals surface area contributed by atoms with Gasteiger partial charge in [-0.3, -0.25) is 0 Å². The Labute approximate surface area is 125 Å². The van der Waals surface area contributed by atoms with Gasteiger partial charge in [0.15, 0.2) is 0 Å². The number of nitrogens with one attached hydrogen (secondary N) is 1. The van der Waals surface area contributed by atoms with E-state index in [1.165, 1.54) is 5.56 Å². The van der Waals surface area contributed by atoms with Crippen molar-refractivity contribution >= 4 is 0 Å². The Hall–Kier alpha value is -1.84. The molecule has 0 amide bonds. The van der Waals surface area contributed by atoms with E-state index < -0.39 is 0 Å². The highest BCUT2D eigenvalue weighted by atomic mass is 16.5. The molecule has 0 saturated carbocycles. The van der Waals surface area contributed by atoms with Crippen molar-refractivity contribution < 1.29 is 9.84 Å². The molecule has 1 aliphatic heterocycles. The lowest BCUT2D eigenvalue weighted by molar-refractivity contribution is 0.118. The molecule has 110 valence electrons. The van der Waals surface area contributed by atoms with Gasteiger partial charge in [-0.1, -0.05) is 42.5 Å². The van der Waals surface area contributed by atoms with Gasteiger partial charge in [-0.05, 0) is 36.2 Å². The fourth-order valence-corrected chi connectivity index (χ4v) is 2.78. The van der Waals surface area contributed by atoms with Crippen molar-refractivity contribution in [3.63, 3.8) is 0 Å². The van der Waals surface area contributed by atoms with Crippen LogP contribution in [-0.2, 0) is 6.61 Å². The second kappa shape index (κ2) is 6.74. The largest absolute Gasteiger partial charge is 0.489 e. The van der Waals surface area contributed by atoms with E-state index in [1.807, 2.05) is 30.3 Å². The van der Waals surface area contributed by atoms with Crippen LogP contribution in [0.4, 0.5) is 0 Å². The van der Waals surface area contributed by atoms with E-state index in [-0.39, 0.29) is 12.0 Å². The van der Waals surface area contributed by atoms with Crippen LogP contribution in [0.15, 0.2) is 54.6 Å². The second-order valence-corrected chi connectivity index (χ2v) is 5.51. The molecule has 1 fully saturated rings. The summed E-state index contributed by atoms with van der Waals surface area (Å²) >= 11 is 0. The first kappa shape index (κ1) is 14.1. The number of aliphatic hydroxyl groups excluding tert-OH is 1. The van der Waals surface area contributed by atoms with Crippen molar-refractivity contribution in [1.29, 1.82) is 0 Å². The van der Waals surface area contributed by atoms with Gasteiger partial charge >= 0.3 is 0 Å². The summed E-state index contributed by atoms with van der Waals surface area (Å²) in [6, 6.07) is 18.3. The molecular weight excluding hydrogens is 262 g/mol. The molecule has 1 saturated heterocycles. The lowest BCUT2D eigenvalue weighted by Gasteiger charge is -2.28. The van der Waals surface area contributed by atoms with Crippen molar-refractivity contribution in [2.45, 2.75) is 25.0 Å². The predicted octanol–water partition coefficient (Wildman–Crippen LogP) is 2.70. The van der Waals surface area contributed by atoms with Crippen LogP contribution in [0.3, 0.4) is 0 Å². The molecule has 2 atom stereocenters. The van der Waals surface area contributed by atoms with Crippen molar-refractivity contribution in [1.82, 2.24) is 5.32 Å². The summed E-state index contributed by atoms with van der Waals surface area (Å²) in [5, 5.41) is 13.3. The average Bonchev–Trinajstić information content (AvgIpc) is 2.55. The van der Waals surface area contributed by atoms with Gasteiger partial charge in [-0.2, -0.15) is 0 Å². The zero-order chi connectivity index (χ0) is 14.5. The minimum atomic E-state index is -0.296. The Morgan fingerprint density at radius 2 is 1.81 bits per heavy atom. The van der Waals surface area contributed by atoms with Crippen molar-refractivity contribution in [2.75, 3.05) is 13.1 Å². The third-order valence-electron chi connectivity index (χ3n) is 4.01. The molecule has 1 heterocycles. The summed E-state index contributed by atoms with van der Waals surface area (Å²) in [6.45, 7) is 2.22. The van der Waals surface area contributed by atoms with Crippen LogP contribution >= 0.6 is 0 Å². The van der Waals surface area contributed by atoms with Gasteiger partial charge in [0.1, 0.15) is 12.4 Å². The molecule has 2 N–H and O–H groups in total. The van der Waals surface area contributed by atoms with Gasteiger partial charge in [0.05, 0.1) is 6.10 Å².